The average molecular weight is 244 g/mol. The molecule has 0 unspecified atom stereocenters. The first-order valence-corrected chi connectivity index (χ1v) is 6.02. The molecule has 0 aliphatic rings. The lowest BCUT2D eigenvalue weighted by atomic mass is 10.3. The molecule has 1 aromatic carbocycles. The molecule has 16 heavy (non-hydrogen) atoms. The maximum Gasteiger partial charge on any atom is 0.304 e. The van der Waals surface area contributed by atoms with Crippen LogP contribution in [0.4, 0.5) is 4.39 Å². The van der Waals surface area contributed by atoms with Crippen molar-refractivity contribution in [3.8, 4) is 5.75 Å². The number of para-hydroxylation sites is 1. The highest BCUT2D eigenvalue weighted by atomic mass is 32.2. The molecule has 0 atom stereocenters. The molecule has 0 spiro atoms. The third-order valence-corrected chi connectivity index (χ3v) is 2.73. The van der Waals surface area contributed by atoms with E-state index in [1.54, 1.807) is 18.2 Å². The summed E-state index contributed by atoms with van der Waals surface area (Å²) in [6, 6.07) is 6.21. The molecule has 0 bridgehead atoms. The summed E-state index contributed by atoms with van der Waals surface area (Å²) in [7, 11) is 0. The minimum absolute atomic E-state index is 0.143. The summed E-state index contributed by atoms with van der Waals surface area (Å²) in [6.07, 6.45) is 0.143. The largest absolute Gasteiger partial charge is 0.490 e. The number of benzene rings is 1. The molecular weight excluding hydrogens is 231 g/mol. The van der Waals surface area contributed by atoms with E-state index >= 15 is 0 Å². The van der Waals surface area contributed by atoms with Crippen LogP contribution in [0.2, 0.25) is 0 Å². The van der Waals surface area contributed by atoms with Crippen molar-refractivity contribution in [3.05, 3.63) is 30.1 Å². The van der Waals surface area contributed by atoms with Gasteiger partial charge in [0.2, 0.25) is 0 Å². The number of carboxylic acid groups (broad SMARTS) is 1. The lowest BCUT2D eigenvalue weighted by Crippen LogP contribution is -2.03. The first-order valence-electron chi connectivity index (χ1n) is 4.87. The van der Waals surface area contributed by atoms with Gasteiger partial charge in [-0.1, -0.05) is 12.1 Å². The highest BCUT2D eigenvalue weighted by molar-refractivity contribution is 7.99. The smallest absolute Gasteiger partial charge is 0.304 e. The van der Waals surface area contributed by atoms with Gasteiger partial charge >= 0.3 is 5.97 Å². The molecule has 0 aliphatic heterocycles. The molecule has 3 nitrogen and oxygen atoms in total. The third kappa shape index (κ3) is 5.02. The molecule has 0 heterocycles. The fourth-order valence-corrected chi connectivity index (χ4v) is 1.76. The van der Waals surface area contributed by atoms with Crippen molar-refractivity contribution in [2.45, 2.75) is 6.42 Å². The van der Waals surface area contributed by atoms with Crippen LogP contribution in [0.25, 0.3) is 0 Å². The Kier molecular flexibility index (Phi) is 5.71. The van der Waals surface area contributed by atoms with Crippen molar-refractivity contribution in [2.24, 2.45) is 0 Å². The van der Waals surface area contributed by atoms with E-state index in [9.17, 15) is 9.18 Å². The van der Waals surface area contributed by atoms with Crippen LogP contribution in [0.15, 0.2) is 24.3 Å². The second-order valence-electron chi connectivity index (χ2n) is 3.03. The van der Waals surface area contributed by atoms with Crippen LogP contribution < -0.4 is 4.74 Å². The molecule has 0 amide bonds. The number of halogens is 1. The summed E-state index contributed by atoms with van der Waals surface area (Å²) in [5.41, 5.74) is 0. The number of thioether (sulfide) groups is 1. The van der Waals surface area contributed by atoms with Gasteiger partial charge in [-0.15, -0.1) is 0 Å². The fourth-order valence-electron chi connectivity index (χ4n) is 1.03. The van der Waals surface area contributed by atoms with Crippen molar-refractivity contribution >= 4 is 17.7 Å². The lowest BCUT2D eigenvalue weighted by molar-refractivity contribution is -0.136. The van der Waals surface area contributed by atoms with E-state index in [4.69, 9.17) is 9.84 Å². The van der Waals surface area contributed by atoms with Crippen molar-refractivity contribution in [1.82, 2.24) is 0 Å². The molecule has 5 heteroatoms. The number of ether oxygens (including phenoxy) is 1. The van der Waals surface area contributed by atoms with Crippen molar-refractivity contribution in [2.75, 3.05) is 18.1 Å². The zero-order valence-electron chi connectivity index (χ0n) is 8.69. The Morgan fingerprint density at radius 1 is 1.38 bits per heavy atom. The van der Waals surface area contributed by atoms with E-state index < -0.39 is 5.97 Å². The zero-order valence-corrected chi connectivity index (χ0v) is 9.50. The standard InChI is InChI=1S/C11H13FO3S/c12-9-3-1-2-4-10(9)15-6-8-16-7-5-11(13)14/h1-4H,5-8H2,(H,13,14). The van der Waals surface area contributed by atoms with Crippen LogP contribution >= 0.6 is 11.8 Å². The van der Waals surface area contributed by atoms with Gasteiger partial charge in [-0.05, 0) is 12.1 Å². The average Bonchev–Trinajstić information content (AvgIpc) is 2.25. The van der Waals surface area contributed by atoms with Crippen molar-refractivity contribution in [3.63, 3.8) is 0 Å². The predicted octanol–water partition coefficient (Wildman–Crippen LogP) is 2.41. The molecule has 88 valence electrons. The normalized spacial score (nSPS) is 10.1. The van der Waals surface area contributed by atoms with Crippen LogP contribution in [0, 0.1) is 5.82 Å². The molecule has 0 fully saturated rings. The third-order valence-electron chi connectivity index (χ3n) is 1.78. The Balaban J connectivity index is 2.12. The Labute approximate surface area is 97.6 Å². The van der Waals surface area contributed by atoms with Crippen molar-refractivity contribution < 1.29 is 19.0 Å². The quantitative estimate of drug-likeness (QED) is 0.748. The van der Waals surface area contributed by atoms with E-state index in [1.165, 1.54) is 17.8 Å². The summed E-state index contributed by atoms with van der Waals surface area (Å²) in [6.45, 7) is 0.380. The van der Waals surface area contributed by atoms with Gasteiger partial charge in [0, 0.05) is 11.5 Å². The maximum absolute atomic E-state index is 13.1. The van der Waals surface area contributed by atoms with Crippen LogP contribution in [-0.4, -0.2) is 29.2 Å². The van der Waals surface area contributed by atoms with E-state index in [1.807, 2.05) is 0 Å². The Morgan fingerprint density at radius 2 is 2.12 bits per heavy atom. The van der Waals surface area contributed by atoms with Gasteiger partial charge in [0.15, 0.2) is 11.6 Å². The highest BCUT2D eigenvalue weighted by Gasteiger charge is 2.01. The topological polar surface area (TPSA) is 46.5 Å². The van der Waals surface area contributed by atoms with Gasteiger partial charge in [0.25, 0.3) is 0 Å². The molecular formula is C11H13FO3S. The highest BCUT2D eigenvalue weighted by Crippen LogP contribution is 2.15. The van der Waals surface area contributed by atoms with Gasteiger partial charge in [-0.3, -0.25) is 4.79 Å². The number of aliphatic carboxylic acids is 1. The molecule has 0 aromatic heterocycles. The zero-order chi connectivity index (χ0) is 11.8. The molecule has 0 aliphatic carbocycles. The maximum atomic E-state index is 13.1. The predicted molar refractivity (Wildman–Crippen MR) is 61.5 cm³/mol. The first-order chi connectivity index (χ1) is 7.70. The van der Waals surface area contributed by atoms with Gasteiger partial charge in [0.1, 0.15) is 0 Å². The Hall–Kier alpha value is -1.23. The number of hydrogen-bond acceptors (Lipinski definition) is 3. The van der Waals surface area contributed by atoms with Crippen LogP contribution in [0.5, 0.6) is 5.75 Å². The number of rotatable bonds is 7. The summed E-state index contributed by atoms with van der Waals surface area (Å²) < 4.78 is 18.3. The second kappa shape index (κ2) is 7.11. The van der Waals surface area contributed by atoms with Gasteiger partial charge in [0.05, 0.1) is 13.0 Å². The SMILES string of the molecule is O=C(O)CCSCCOc1ccccc1F. The van der Waals surface area contributed by atoms with Crippen LogP contribution in [-0.2, 0) is 4.79 Å². The molecule has 1 aromatic rings. The summed E-state index contributed by atoms with van der Waals surface area (Å²) >= 11 is 1.48. The summed E-state index contributed by atoms with van der Waals surface area (Å²) in [5, 5.41) is 8.39. The van der Waals surface area contributed by atoms with E-state index in [-0.39, 0.29) is 18.0 Å². The van der Waals surface area contributed by atoms with E-state index in [0.717, 1.165) is 0 Å². The molecule has 1 rings (SSSR count). The van der Waals surface area contributed by atoms with E-state index in [0.29, 0.717) is 18.1 Å². The second-order valence-corrected chi connectivity index (χ2v) is 4.26. The first kappa shape index (κ1) is 12.8. The number of hydrogen-bond donors (Lipinski definition) is 1. The van der Waals surface area contributed by atoms with Crippen molar-refractivity contribution in [1.29, 1.82) is 0 Å². The van der Waals surface area contributed by atoms with Crippen LogP contribution in [0.1, 0.15) is 6.42 Å². The number of carbonyl (C=O) groups is 1. The Bertz CT molecular complexity index is 344. The minimum Gasteiger partial charge on any atom is -0.490 e. The number of carboxylic acids is 1. The molecule has 0 radical (unpaired) electrons. The lowest BCUT2D eigenvalue weighted by Gasteiger charge is -2.06. The Morgan fingerprint density at radius 3 is 2.81 bits per heavy atom. The summed E-state index contributed by atoms with van der Waals surface area (Å²) in [5.74, 6) is 0.263. The summed E-state index contributed by atoms with van der Waals surface area (Å²) in [4.78, 5) is 10.2. The van der Waals surface area contributed by atoms with Gasteiger partial charge in [-0.2, -0.15) is 11.8 Å². The fraction of sp³-hybridized carbons (Fsp3) is 0.364. The minimum atomic E-state index is -0.803. The molecule has 0 saturated heterocycles. The van der Waals surface area contributed by atoms with E-state index in [2.05, 4.69) is 0 Å². The molecule has 1 N–H and O–H groups in total. The monoisotopic (exact) mass is 244 g/mol. The van der Waals surface area contributed by atoms with Gasteiger partial charge in [-0.25, -0.2) is 4.39 Å². The van der Waals surface area contributed by atoms with Gasteiger partial charge < -0.3 is 9.84 Å². The van der Waals surface area contributed by atoms with Crippen LogP contribution in [0.3, 0.4) is 0 Å². The molecule has 0 saturated carbocycles.